The normalized spacial score (nSPS) is 25.6. The molecule has 25 heavy (non-hydrogen) atoms. The Balaban J connectivity index is 1.64. The number of nitrogens with one attached hydrogen (secondary N) is 1. The van der Waals surface area contributed by atoms with Crippen LogP contribution in [0, 0.1) is 24.1 Å². The molecule has 2 unspecified atom stereocenters. The van der Waals surface area contributed by atoms with Crippen molar-refractivity contribution in [3.05, 3.63) is 24.0 Å². The molecule has 2 fully saturated rings. The van der Waals surface area contributed by atoms with E-state index in [4.69, 9.17) is 5.26 Å². The first-order valence-electron chi connectivity index (χ1n) is 8.21. The molecule has 1 N–H and O–H groups in total. The molecular formula is C16H16BF3N4Se. The minimum absolute atomic E-state index is 0.0320. The zero-order valence-electron chi connectivity index (χ0n) is 13.6. The molecule has 9 heteroatoms. The third-order valence-corrected chi connectivity index (χ3v) is 7.31. The molecule has 4 nitrogen and oxygen atoms in total. The third kappa shape index (κ3) is 3.02. The summed E-state index contributed by atoms with van der Waals surface area (Å²) >= 11 is -1.59. The molecule has 0 bridgehead atoms. The molecule has 1 aliphatic heterocycles. The van der Waals surface area contributed by atoms with Crippen LogP contribution in [0.5, 0.6) is 0 Å². The molecule has 1 saturated carbocycles. The monoisotopic (exact) mass is 412 g/mol. The van der Waals surface area contributed by atoms with Crippen LogP contribution in [0.15, 0.2) is 18.5 Å². The number of alkyl halides is 3. The van der Waals surface area contributed by atoms with Gasteiger partial charge in [0, 0.05) is 0 Å². The second kappa shape index (κ2) is 5.68. The molecule has 0 aromatic carbocycles. The number of fused-ring (bicyclic) bond motifs is 2. The Morgan fingerprint density at radius 2 is 2.32 bits per heavy atom. The van der Waals surface area contributed by atoms with E-state index in [1.165, 1.54) is 0 Å². The van der Waals surface area contributed by atoms with Crippen LogP contribution in [-0.4, -0.2) is 41.7 Å². The Morgan fingerprint density at radius 3 is 3.00 bits per heavy atom. The summed E-state index contributed by atoms with van der Waals surface area (Å²) in [5, 5.41) is 8.42. The quantitative estimate of drug-likeness (QED) is 0.791. The molecule has 0 spiro atoms. The zero-order chi connectivity index (χ0) is 17.8. The fourth-order valence-corrected chi connectivity index (χ4v) is 5.46. The Kier molecular flexibility index (Phi) is 3.82. The molecule has 2 aromatic rings. The topological polar surface area (TPSA) is 53.1 Å². The average molecular weight is 411 g/mol. The van der Waals surface area contributed by atoms with Gasteiger partial charge in [0.05, 0.1) is 0 Å². The summed E-state index contributed by atoms with van der Waals surface area (Å²) in [7, 11) is 0. The molecule has 0 amide bonds. The summed E-state index contributed by atoms with van der Waals surface area (Å²) in [5.41, 5.74) is 1.31. The second-order valence-corrected chi connectivity index (χ2v) is 9.20. The molecule has 130 valence electrons. The molecule has 2 atom stereocenters. The summed E-state index contributed by atoms with van der Waals surface area (Å²) < 4.78 is 40.6. The fourth-order valence-electron chi connectivity index (χ4n) is 4.00. The summed E-state index contributed by atoms with van der Waals surface area (Å²) in [6, 6.07) is 1.78. The molecule has 2 aromatic heterocycles. The van der Waals surface area contributed by atoms with Crippen molar-refractivity contribution in [2.45, 2.75) is 43.0 Å². The van der Waals surface area contributed by atoms with Crippen molar-refractivity contribution in [3.8, 4) is 5.97 Å². The average Bonchev–Trinajstić information content (AvgIpc) is 3.17. The van der Waals surface area contributed by atoms with Crippen LogP contribution in [0.4, 0.5) is 19.0 Å². The van der Waals surface area contributed by atoms with E-state index < -0.39 is 20.0 Å². The summed E-state index contributed by atoms with van der Waals surface area (Å²) in [5.74, 6) is 3.46. The summed E-state index contributed by atoms with van der Waals surface area (Å²) in [4.78, 5) is 4.39. The fraction of sp³-hybridized carbons (Fsp3) is 0.500. The summed E-state index contributed by atoms with van der Waals surface area (Å²) in [6.45, 7) is 1.85. The van der Waals surface area contributed by atoms with Crippen molar-refractivity contribution in [2.24, 2.45) is 5.92 Å². The van der Waals surface area contributed by atoms with Gasteiger partial charge in [-0.2, -0.15) is 0 Å². The van der Waals surface area contributed by atoms with Gasteiger partial charge in [0.25, 0.3) is 0 Å². The molecule has 4 rings (SSSR count). The van der Waals surface area contributed by atoms with Gasteiger partial charge >= 0.3 is 150 Å². The van der Waals surface area contributed by atoms with Crippen molar-refractivity contribution in [1.29, 1.82) is 5.26 Å². The minimum atomic E-state index is -4.18. The van der Waals surface area contributed by atoms with E-state index in [0.717, 1.165) is 25.5 Å². The van der Waals surface area contributed by atoms with Gasteiger partial charge in [-0.25, -0.2) is 0 Å². The Hall–Kier alpha value is -1.65. The van der Waals surface area contributed by atoms with E-state index >= 15 is 0 Å². The third-order valence-electron chi connectivity index (χ3n) is 5.33. The number of rotatable bonds is 3. The number of halogens is 3. The first-order valence-corrected chi connectivity index (χ1v) is 9.93. The summed E-state index contributed by atoms with van der Waals surface area (Å²) in [6.07, 6.45) is 6.84. The van der Waals surface area contributed by atoms with Gasteiger partial charge in [0.15, 0.2) is 0 Å². The van der Waals surface area contributed by atoms with Crippen LogP contribution in [0.2, 0.25) is 12.6 Å². The number of hydrogen-bond donors (Lipinski definition) is 1. The number of aromatic nitrogens is 2. The first kappa shape index (κ1) is 16.8. The number of nitrogens with zero attached hydrogens (tertiary/aromatic N) is 3. The van der Waals surface area contributed by atoms with Crippen molar-refractivity contribution in [1.82, 2.24) is 9.38 Å². The van der Waals surface area contributed by atoms with E-state index in [1.807, 2.05) is 0 Å². The van der Waals surface area contributed by atoms with E-state index in [9.17, 15) is 13.2 Å². The van der Waals surface area contributed by atoms with Crippen molar-refractivity contribution < 1.29 is 13.2 Å². The van der Waals surface area contributed by atoms with Crippen LogP contribution in [0.3, 0.4) is 0 Å². The predicted octanol–water partition coefficient (Wildman–Crippen LogP) is 2.62. The Morgan fingerprint density at radius 1 is 1.52 bits per heavy atom. The van der Waals surface area contributed by atoms with Gasteiger partial charge in [0.1, 0.15) is 0 Å². The molecule has 3 heterocycles. The maximum absolute atomic E-state index is 12.9. The van der Waals surface area contributed by atoms with Gasteiger partial charge in [-0.05, 0) is 0 Å². The molecular weight excluding hydrogens is 395 g/mol. The van der Waals surface area contributed by atoms with Crippen LogP contribution in [-0.2, 0) is 0 Å². The number of anilines is 1. The van der Waals surface area contributed by atoms with E-state index in [-0.39, 0.29) is 12.3 Å². The van der Waals surface area contributed by atoms with Crippen molar-refractivity contribution in [2.75, 3.05) is 5.32 Å². The van der Waals surface area contributed by atoms with Gasteiger partial charge in [-0.3, -0.25) is 0 Å². The van der Waals surface area contributed by atoms with Crippen LogP contribution < -0.4 is 9.91 Å². The molecule has 1 saturated heterocycles. The Labute approximate surface area is 150 Å². The predicted molar refractivity (Wildman–Crippen MR) is 91.4 cm³/mol. The van der Waals surface area contributed by atoms with Gasteiger partial charge in [-0.15, -0.1) is 0 Å². The zero-order valence-corrected chi connectivity index (χ0v) is 15.3. The SMILES string of the molecule is Cc1cc2c(NC34CCB(C#N)CC3C4)nccn2c1[Se]C(F)(F)F. The van der Waals surface area contributed by atoms with Crippen LogP contribution in [0.1, 0.15) is 18.4 Å². The Bertz CT molecular complexity index is 875. The molecule has 0 radical (unpaired) electrons. The molecule has 2 aliphatic rings. The van der Waals surface area contributed by atoms with E-state index in [1.54, 1.807) is 29.8 Å². The van der Waals surface area contributed by atoms with E-state index in [0.29, 0.717) is 27.4 Å². The number of hydrogen-bond acceptors (Lipinski definition) is 3. The van der Waals surface area contributed by atoms with Crippen molar-refractivity contribution >= 4 is 37.6 Å². The van der Waals surface area contributed by atoms with Crippen LogP contribution in [0.25, 0.3) is 5.52 Å². The standard InChI is InChI=1S/C16H16BF3N4Se/c1-10-6-12-13(22-4-5-24(12)14(10)25-16(18,19)20)23-15-2-3-17(9-21)8-11(15)7-15/h4-6,11H,2-3,7-8H2,1H3,(H,22,23). The number of aryl methyl sites for hydroxylation is 1. The van der Waals surface area contributed by atoms with Crippen LogP contribution >= 0.6 is 0 Å². The first-order chi connectivity index (χ1) is 11.8. The van der Waals surface area contributed by atoms with Gasteiger partial charge in [-0.1, -0.05) is 0 Å². The van der Waals surface area contributed by atoms with Crippen molar-refractivity contribution in [3.63, 3.8) is 0 Å². The second-order valence-electron chi connectivity index (χ2n) is 6.99. The van der Waals surface area contributed by atoms with E-state index in [2.05, 4.69) is 16.3 Å². The number of nitriles is 1. The molecule has 1 aliphatic carbocycles. The maximum atomic E-state index is 12.9. The van der Waals surface area contributed by atoms with Gasteiger partial charge < -0.3 is 0 Å². The van der Waals surface area contributed by atoms with Gasteiger partial charge in [0.2, 0.25) is 0 Å².